The highest BCUT2D eigenvalue weighted by Crippen LogP contribution is 2.46. The van der Waals surface area contributed by atoms with Gasteiger partial charge in [-0.25, -0.2) is 0 Å². The number of benzene rings is 4. The van der Waals surface area contributed by atoms with Gasteiger partial charge in [-0.2, -0.15) is 0 Å². The molecule has 0 aliphatic carbocycles. The predicted octanol–water partition coefficient (Wildman–Crippen LogP) is 7.45. The number of fused-ring (bicyclic) bond motifs is 6. The Bertz CT molecular complexity index is 1670. The molecular weight excluding hydrogens is 516 g/mol. The monoisotopic (exact) mass is 548 g/mol. The Balaban J connectivity index is 1.26. The third-order valence-corrected chi connectivity index (χ3v) is 9.24. The Morgan fingerprint density at radius 3 is 2.42 bits per heavy atom. The van der Waals surface area contributed by atoms with Gasteiger partial charge in [0.15, 0.2) is 11.5 Å². The van der Waals surface area contributed by atoms with E-state index in [4.69, 9.17) is 14.2 Å². The van der Waals surface area contributed by atoms with Crippen molar-refractivity contribution in [1.82, 2.24) is 8.87 Å². The van der Waals surface area contributed by atoms with Gasteiger partial charge in [-0.3, -0.25) is 8.87 Å². The summed E-state index contributed by atoms with van der Waals surface area (Å²) in [5.41, 5.74) is 7.88. The van der Waals surface area contributed by atoms with E-state index < -0.39 is 0 Å². The highest BCUT2D eigenvalue weighted by Gasteiger charge is 2.36. The number of aromatic nitrogens is 1. The zero-order chi connectivity index (χ0) is 27.1. The predicted molar refractivity (Wildman–Crippen MR) is 161 cm³/mol. The molecule has 40 heavy (non-hydrogen) atoms. The molecule has 4 aromatic carbocycles. The van der Waals surface area contributed by atoms with Crippen LogP contribution in [-0.2, 0) is 26.0 Å². The van der Waals surface area contributed by atoms with Crippen LogP contribution in [0.4, 0.5) is 0 Å². The number of nitrogens with zero attached hydrogens (tertiary/aromatic N) is 2. The lowest BCUT2D eigenvalue weighted by atomic mass is 9.85. The smallest absolute Gasteiger partial charge is 0.161 e. The van der Waals surface area contributed by atoms with Crippen molar-refractivity contribution in [1.29, 1.82) is 0 Å². The average molecular weight is 549 g/mol. The summed E-state index contributed by atoms with van der Waals surface area (Å²) < 4.78 is 20.2. The van der Waals surface area contributed by atoms with Gasteiger partial charge in [0.25, 0.3) is 0 Å². The van der Waals surface area contributed by atoms with Gasteiger partial charge in [-0.05, 0) is 89.5 Å². The lowest BCUT2D eigenvalue weighted by Crippen LogP contribution is -2.39. The van der Waals surface area contributed by atoms with E-state index >= 15 is 0 Å². The Hall–Kier alpha value is -3.87. The van der Waals surface area contributed by atoms with E-state index in [1.54, 1.807) is 26.2 Å². The minimum absolute atomic E-state index is 0.292. The Morgan fingerprint density at radius 2 is 1.65 bits per heavy atom. The maximum Gasteiger partial charge on any atom is 0.161 e. The van der Waals surface area contributed by atoms with Crippen LogP contribution < -0.4 is 14.2 Å². The van der Waals surface area contributed by atoms with E-state index in [0.717, 1.165) is 48.7 Å². The summed E-state index contributed by atoms with van der Waals surface area (Å²) in [6, 6.07) is 32.1. The molecule has 6 heteroatoms. The molecule has 5 aromatic rings. The quantitative estimate of drug-likeness (QED) is 0.211. The molecule has 1 aromatic heterocycles. The summed E-state index contributed by atoms with van der Waals surface area (Å²) in [4.78, 5) is 3.86. The number of methoxy groups -OCH3 is 2. The van der Waals surface area contributed by atoms with Crippen LogP contribution in [0.1, 0.15) is 34.0 Å². The van der Waals surface area contributed by atoms with Crippen molar-refractivity contribution in [3.05, 3.63) is 119 Å². The SMILES string of the molecule is COc1ccc2c(c1)c1c(n2Sc2ccccc2)CN2CCc3cc(OCc4ccccc4)c(OC)cc3C2C1. The number of hydrogen-bond acceptors (Lipinski definition) is 5. The van der Waals surface area contributed by atoms with E-state index in [-0.39, 0.29) is 0 Å². The van der Waals surface area contributed by atoms with Gasteiger partial charge in [-0.15, -0.1) is 0 Å². The molecule has 2 aliphatic heterocycles. The molecule has 1 unspecified atom stereocenters. The van der Waals surface area contributed by atoms with Crippen LogP contribution in [-0.4, -0.2) is 29.6 Å². The molecule has 0 saturated heterocycles. The van der Waals surface area contributed by atoms with Gasteiger partial charge in [0.2, 0.25) is 0 Å². The van der Waals surface area contributed by atoms with Crippen molar-refractivity contribution in [2.45, 2.75) is 36.9 Å². The molecule has 0 amide bonds. The third-order valence-electron chi connectivity index (χ3n) is 8.16. The van der Waals surface area contributed by atoms with Crippen molar-refractivity contribution >= 4 is 22.9 Å². The first-order valence-corrected chi connectivity index (χ1v) is 14.5. The van der Waals surface area contributed by atoms with E-state index in [0.29, 0.717) is 12.6 Å². The molecule has 0 bridgehead atoms. The van der Waals surface area contributed by atoms with Gasteiger partial charge in [0.1, 0.15) is 12.4 Å². The standard InChI is InChI=1S/C34H32N2O3S/c1-37-25-13-14-30-28(18-25)29-19-31-27-20-33(38-2)34(39-22-23-9-5-3-6-10-23)17-24(27)15-16-35(31)21-32(29)36(30)40-26-11-7-4-8-12-26/h3-14,17-18,20,31H,15-16,19,21-22H2,1-2H3. The molecule has 0 fully saturated rings. The molecule has 0 N–H and O–H groups in total. The first-order valence-electron chi connectivity index (χ1n) is 13.8. The van der Waals surface area contributed by atoms with Crippen molar-refractivity contribution in [2.75, 3.05) is 20.8 Å². The van der Waals surface area contributed by atoms with Crippen molar-refractivity contribution in [3.8, 4) is 17.2 Å². The highest BCUT2D eigenvalue weighted by atomic mass is 32.2. The molecular formula is C34H32N2O3S. The lowest BCUT2D eigenvalue weighted by Gasteiger charge is -2.41. The zero-order valence-corrected chi connectivity index (χ0v) is 23.6. The summed E-state index contributed by atoms with van der Waals surface area (Å²) in [7, 11) is 3.48. The molecule has 7 rings (SSSR count). The normalized spacial score (nSPS) is 16.2. The average Bonchev–Trinajstić information content (AvgIpc) is 3.30. The molecule has 0 saturated carbocycles. The Morgan fingerprint density at radius 1 is 0.850 bits per heavy atom. The van der Waals surface area contributed by atoms with E-state index in [2.05, 4.69) is 81.7 Å². The van der Waals surface area contributed by atoms with Crippen LogP contribution in [0.3, 0.4) is 0 Å². The molecule has 3 heterocycles. The van der Waals surface area contributed by atoms with Crippen molar-refractivity contribution < 1.29 is 14.2 Å². The summed E-state index contributed by atoms with van der Waals surface area (Å²) in [6.07, 6.45) is 1.94. The first-order chi connectivity index (χ1) is 19.7. The fourth-order valence-corrected chi connectivity index (χ4v) is 7.17. The molecule has 0 radical (unpaired) electrons. The van der Waals surface area contributed by atoms with Crippen LogP contribution in [0.5, 0.6) is 17.2 Å². The molecule has 5 nitrogen and oxygen atoms in total. The lowest BCUT2D eigenvalue weighted by molar-refractivity contribution is 0.158. The topological polar surface area (TPSA) is 35.9 Å². The summed E-state index contributed by atoms with van der Waals surface area (Å²) in [6.45, 7) is 2.45. The fraction of sp³-hybridized carbons (Fsp3) is 0.235. The summed E-state index contributed by atoms with van der Waals surface area (Å²) in [5, 5.41) is 1.28. The number of hydrogen-bond donors (Lipinski definition) is 0. The van der Waals surface area contributed by atoms with Gasteiger partial charge in [-0.1, -0.05) is 48.5 Å². The van der Waals surface area contributed by atoms with E-state index in [9.17, 15) is 0 Å². The first kappa shape index (κ1) is 25.1. The largest absolute Gasteiger partial charge is 0.497 e. The minimum atomic E-state index is 0.292. The van der Waals surface area contributed by atoms with E-state index in [1.165, 1.54) is 38.2 Å². The van der Waals surface area contributed by atoms with Crippen molar-refractivity contribution in [2.24, 2.45) is 0 Å². The molecule has 0 spiro atoms. The highest BCUT2D eigenvalue weighted by molar-refractivity contribution is 7.98. The van der Waals surface area contributed by atoms with Crippen LogP contribution in [0.15, 0.2) is 95.9 Å². The third kappa shape index (κ3) is 4.51. The summed E-state index contributed by atoms with van der Waals surface area (Å²) >= 11 is 1.80. The molecule has 1 atom stereocenters. The fourth-order valence-electron chi connectivity index (χ4n) is 6.15. The van der Waals surface area contributed by atoms with Gasteiger partial charge < -0.3 is 14.2 Å². The minimum Gasteiger partial charge on any atom is -0.497 e. The van der Waals surface area contributed by atoms with Gasteiger partial charge >= 0.3 is 0 Å². The number of rotatable bonds is 7. The second-order valence-corrected chi connectivity index (χ2v) is 11.4. The van der Waals surface area contributed by atoms with Crippen LogP contribution >= 0.6 is 11.9 Å². The zero-order valence-electron chi connectivity index (χ0n) is 22.8. The maximum atomic E-state index is 6.26. The Labute approximate surface area is 239 Å². The maximum absolute atomic E-state index is 6.26. The summed E-state index contributed by atoms with van der Waals surface area (Å²) in [5.74, 6) is 2.51. The number of ether oxygens (including phenoxy) is 3. The van der Waals surface area contributed by atoms with Crippen LogP contribution in [0.25, 0.3) is 10.9 Å². The van der Waals surface area contributed by atoms with E-state index in [1.807, 2.05) is 18.2 Å². The molecule has 2 aliphatic rings. The Kier molecular flexibility index (Phi) is 6.66. The van der Waals surface area contributed by atoms with Crippen LogP contribution in [0.2, 0.25) is 0 Å². The second kappa shape index (κ2) is 10.6. The molecule has 202 valence electrons. The van der Waals surface area contributed by atoms with Gasteiger partial charge in [0, 0.05) is 35.1 Å². The van der Waals surface area contributed by atoms with Gasteiger partial charge in [0.05, 0.1) is 19.7 Å². The van der Waals surface area contributed by atoms with Crippen LogP contribution in [0, 0.1) is 0 Å². The second-order valence-electron chi connectivity index (χ2n) is 10.4. The van der Waals surface area contributed by atoms with Crippen molar-refractivity contribution in [3.63, 3.8) is 0 Å².